The Morgan fingerprint density at radius 2 is 1.00 bits per heavy atom. The van der Waals surface area contributed by atoms with Crippen LogP contribution in [0.1, 0.15) is 74.9 Å². The van der Waals surface area contributed by atoms with E-state index in [-0.39, 0.29) is 11.8 Å². The van der Waals surface area contributed by atoms with Crippen LogP contribution in [0.3, 0.4) is 0 Å². The minimum Gasteiger partial charge on any atom is -0.443 e. The van der Waals surface area contributed by atoms with Crippen LogP contribution in [0.5, 0.6) is 0 Å². The number of rotatable bonds is 10. The van der Waals surface area contributed by atoms with Crippen molar-refractivity contribution >= 4 is 99.1 Å². The standard InChI is InChI=1S/C14H15Cl2NO2.C13H14Cl2N2O2.C9H5Cl2NO.C7H4Cl2O.C3H5N/c1-3-8(2)13(18)14-17-7-11(19-14)12-9(15)5-4-6-10(12)16;1-2-9(16)12(18)13-17-6-10(19-13)11-7(14)4-3-5-8(11)15;10-6-2-1-3-7(11)9(6)8-4-12-5-13-8;8-6-2-1-3-7(9)5(6)4-10;1-3-4-2/h4-8,13,18H,3H2,1-2H3;3-6,9,12,18H,2,16H2,1H3;1-5H;1-4H;3H2,1H3. The second-order valence-corrected chi connectivity index (χ2v) is 16.6. The number of aliphatic hydroxyl groups is 2. The molecular formula is C46H43Cl8N5O6. The number of aldehydes is 1. The highest BCUT2D eigenvalue weighted by atomic mass is 35.5. The first-order chi connectivity index (χ1) is 31.0. The molecule has 0 amide bonds. The molecule has 0 fully saturated rings. The Morgan fingerprint density at radius 1 is 0.631 bits per heavy atom. The number of hydrogen-bond donors (Lipinski definition) is 3. The molecule has 344 valence electrons. The lowest BCUT2D eigenvalue weighted by Crippen LogP contribution is -2.27. The zero-order valence-corrected chi connectivity index (χ0v) is 41.2. The van der Waals surface area contributed by atoms with Crippen molar-refractivity contribution in [3.8, 4) is 34.0 Å². The van der Waals surface area contributed by atoms with Crippen LogP contribution in [0.25, 0.3) is 38.8 Å². The summed E-state index contributed by atoms with van der Waals surface area (Å²) in [6.07, 6.45) is 6.37. The molecule has 0 aliphatic rings. The maximum Gasteiger partial charge on any atom is 0.225 e. The lowest BCUT2D eigenvalue weighted by atomic mass is 10.0. The van der Waals surface area contributed by atoms with E-state index < -0.39 is 18.2 Å². The molecule has 0 aliphatic carbocycles. The van der Waals surface area contributed by atoms with E-state index in [9.17, 15) is 15.0 Å². The summed E-state index contributed by atoms with van der Waals surface area (Å²) in [6.45, 7) is 14.3. The number of carbonyl (C=O) groups excluding carboxylic acids is 1. The molecular weight excluding hydrogens is 1000 g/mol. The third-order valence-electron chi connectivity index (χ3n) is 8.95. The van der Waals surface area contributed by atoms with E-state index in [1.54, 1.807) is 79.0 Å². The summed E-state index contributed by atoms with van der Waals surface area (Å²) in [6, 6.07) is 20.2. The van der Waals surface area contributed by atoms with E-state index in [1.165, 1.54) is 18.8 Å². The van der Waals surface area contributed by atoms with Gasteiger partial charge in [-0.2, -0.15) is 0 Å². The van der Waals surface area contributed by atoms with E-state index in [1.807, 2.05) is 27.7 Å². The lowest BCUT2D eigenvalue weighted by Gasteiger charge is -2.13. The third-order valence-corrected chi connectivity index (χ3v) is 11.5. The van der Waals surface area contributed by atoms with Gasteiger partial charge >= 0.3 is 0 Å². The Bertz CT molecular complexity index is 2420. The van der Waals surface area contributed by atoms with Crippen molar-refractivity contribution in [2.45, 2.75) is 58.8 Å². The van der Waals surface area contributed by atoms with Gasteiger partial charge in [0.05, 0.1) is 81.0 Å². The largest absolute Gasteiger partial charge is 0.443 e. The van der Waals surface area contributed by atoms with Gasteiger partial charge in [-0.15, -0.1) is 0 Å². The fraction of sp³-hybridized carbons (Fsp3) is 0.239. The molecule has 7 aromatic rings. The number of benzene rings is 4. The van der Waals surface area contributed by atoms with Crippen LogP contribution in [0, 0.1) is 12.5 Å². The van der Waals surface area contributed by atoms with Crippen molar-refractivity contribution in [2.24, 2.45) is 11.7 Å². The monoisotopic (exact) mass is 1040 g/mol. The molecule has 4 unspecified atom stereocenters. The fourth-order valence-electron chi connectivity index (χ4n) is 5.12. The van der Waals surface area contributed by atoms with Gasteiger partial charge in [-0.3, -0.25) is 4.79 Å². The summed E-state index contributed by atoms with van der Waals surface area (Å²) in [7, 11) is 0. The topological polar surface area (TPSA) is 166 Å². The second kappa shape index (κ2) is 28.1. The number of oxazole rings is 3. The van der Waals surface area contributed by atoms with Crippen molar-refractivity contribution in [1.29, 1.82) is 0 Å². The van der Waals surface area contributed by atoms with Crippen LogP contribution in [-0.4, -0.2) is 44.0 Å². The molecule has 0 saturated heterocycles. The van der Waals surface area contributed by atoms with E-state index in [2.05, 4.69) is 19.8 Å². The zero-order chi connectivity index (χ0) is 48.2. The Morgan fingerprint density at radius 3 is 1.31 bits per heavy atom. The Balaban J connectivity index is 0.000000229. The van der Waals surface area contributed by atoms with Gasteiger partial charge in [0.1, 0.15) is 12.2 Å². The molecule has 4 aromatic carbocycles. The normalized spacial score (nSPS) is 12.2. The van der Waals surface area contributed by atoms with Gasteiger partial charge in [-0.05, 0) is 60.9 Å². The number of aromatic nitrogens is 3. The van der Waals surface area contributed by atoms with Crippen LogP contribution in [-0.2, 0) is 0 Å². The van der Waals surface area contributed by atoms with E-state index in [0.29, 0.717) is 105 Å². The highest BCUT2D eigenvalue weighted by molar-refractivity contribution is 6.40. The van der Waals surface area contributed by atoms with Crippen LogP contribution >= 0.6 is 92.8 Å². The second-order valence-electron chi connectivity index (χ2n) is 13.4. The van der Waals surface area contributed by atoms with Gasteiger partial charge in [0.25, 0.3) is 0 Å². The molecule has 11 nitrogen and oxygen atoms in total. The minimum atomic E-state index is -0.944. The number of hydrogen-bond acceptors (Lipinski definition) is 10. The van der Waals surface area contributed by atoms with Crippen molar-refractivity contribution < 1.29 is 28.3 Å². The van der Waals surface area contributed by atoms with Crippen LogP contribution < -0.4 is 5.73 Å². The number of aliphatic hydroxyl groups excluding tert-OH is 2. The van der Waals surface area contributed by atoms with Gasteiger partial charge in [0.15, 0.2) is 30.0 Å². The fourth-order valence-corrected chi connectivity index (χ4v) is 7.35. The average molecular weight is 1050 g/mol. The van der Waals surface area contributed by atoms with E-state index in [0.717, 1.165) is 6.42 Å². The Hall–Kier alpha value is -4.13. The summed E-state index contributed by atoms with van der Waals surface area (Å²) in [4.78, 5) is 25.2. The predicted octanol–water partition coefficient (Wildman–Crippen LogP) is 15.5. The van der Waals surface area contributed by atoms with Gasteiger partial charge in [-0.1, -0.05) is 144 Å². The summed E-state index contributed by atoms with van der Waals surface area (Å²) < 4.78 is 16.2. The lowest BCUT2D eigenvalue weighted by molar-refractivity contribution is 0.0876. The molecule has 0 aliphatic heterocycles. The van der Waals surface area contributed by atoms with Gasteiger partial charge in [0.2, 0.25) is 18.3 Å². The van der Waals surface area contributed by atoms with Gasteiger partial charge in [-0.25, -0.2) is 21.5 Å². The number of carbonyl (C=O) groups is 1. The molecule has 65 heavy (non-hydrogen) atoms. The maximum atomic E-state index is 10.3. The smallest absolute Gasteiger partial charge is 0.225 e. The van der Waals surface area contributed by atoms with Gasteiger partial charge < -0.3 is 34.0 Å². The van der Waals surface area contributed by atoms with Crippen molar-refractivity contribution in [3.63, 3.8) is 0 Å². The molecule has 0 radical (unpaired) electrons. The van der Waals surface area contributed by atoms with Crippen molar-refractivity contribution in [2.75, 3.05) is 6.54 Å². The summed E-state index contributed by atoms with van der Waals surface area (Å²) >= 11 is 47.5. The maximum absolute atomic E-state index is 10.3. The van der Waals surface area contributed by atoms with Gasteiger partial charge in [0, 0.05) is 13.0 Å². The highest BCUT2D eigenvalue weighted by Gasteiger charge is 2.23. The summed E-state index contributed by atoms with van der Waals surface area (Å²) in [5.41, 5.74) is 7.95. The van der Waals surface area contributed by atoms with Crippen molar-refractivity contribution in [3.05, 3.63) is 167 Å². The predicted molar refractivity (Wildman–Crippen MR) is 263 cm³/mol. The van der Waals surface area contributed by atoms with Crippen LogP contribution in [0.2, 0.25) is 40.2 Å². The summed E-state index contributed by atoms with van der Waals surface area (Å²) in [5.74, 6) is 1.99. The minimum absolute atomic E-state index is 0.0771. The first kappa shape index (κ1) is 55.2. The number of halogens is 8. The molecule has 3 heterocycles. The molecule has 4 atom stereocenters. The number of nitrogens with zero attached hydrogens (tertiary/aromatic N) is 4. The molecule has 3 aromatic heterocycles. The highest BCUT2D eigenvalue weighted by Crippen LogP contribution is 2.38. The van der Waals surface area contributed by atoms with E-state index >= 15 is 0 Å². The molecule has 0 saturated carbocycles. The van der Waals surface area contributed by atoms with Crippen LogP contribution in [0.4, 0.5) is 0 Å². The average Bonchev–Trinajstić information content (AvgIpc) is 4.11. The third kappa shape index (κ3) is 16.0. The number of nitrogens with two attached hydrogens (primary N) is 1. The Labute approximate surface area is 417 Å². The first-order valence-corrected chi connectivity index (χ1v) is 22.5. The zero-order valence-electron chi connectivity index (χ0n) is 35.2. The first-order valence-electron chi connectivity index (χ1n) is 19.5. The Kier molecular flexibility index (Phi) is 23.9. The molecule has 4 N–H and O–H groups in total. The molecule has 19 heteroatoms. The van der Waals surface area contributed by atoms with E-state index in [4.69, 9.17) is 118 Å². The van der Waals surface area contributed by atoms with Crippen molar-refractivity contribution in [1.82, 2.24) is 15.0 Å². The molecule has 7 rings (SSSR count). The SMILES string of the molecule is CCC(C)C(O)c1ncc(-c2c(Cl)cccc2Cl)o1.CCC(N)C(O)c1ncc(-c2c(Cl)cccc2Cl)o1.Clc1cccc(Cl)c1-c1cnco1.O=Cc1c(Cl)cccc1Cl.[C-]#[N+]CC. The molecule has 0 spiro atoms. The summed E-state index contributed by atoms with van der Waals surface area (Å²) in [5, 5.41) is 23.8. The molecule has 0 bridgehead atoms. The quantitative estimate of drug-likeness (QED) is 0.0886. The van der Waals surface area contributed by atoms with Crippen LogP contribution in [0.15, 0.2) is 111 Å².